The summed E-state index contributed by atoms with van der Waals surface area (Å²) in [6, 6.07) is 0. The first kappa shape index (κ1) is 13.2. The minimum Gasteiger partial charge on any atom is -0.516 e. The average molecular weight is 223 g/mol. The molecule has 14 heavy (non-hydrogen) atoms. The first-order chi connectivity index (χ1) is 6.74. The molecule has 0 aliphatic carbocycles. The fraction of sp³-hybridized carbons (Fsp3) is 0.429. The second-order valence-electron chi connectivity index (χ2n) is 2.16. The predicted octanol–water partition coefficient (Wildman–Crippen LogP) is 1.40. The summed E-state index contributed by atoms with van der Waals surface area (Å²) in [5, 5.41) is 18.1. The maximum atomic E-state index is 10.9. The molecule has 0 aromatic carbocycles. The van der Waals surface area contributed by atoms with Gasteiger partial charge in [-0.25, -0.2) is 4.62 Å². The van der Waals surface area contributed by atoms with Crippen molar-refractivity contribution in [1.29, 1.82) is 0 Å². The summed E-state index contributed by atoms with van der Waals surface area (Å²) >= 11 is 0. The minimum atomic E-state index is -2.54. The van der Waals surface area contributed by atoms with Crippen LogP contribution in [-0.4, -0.2) is 35.5 Å². The van der Waals surface area contributed by atoms with Crippen LogP contribution >= 0.6 is 8.25 Å². The number of rotatable bonds is 7. The number of nitrogens with zero attached hydrogens (tertiary/aromatic N) is 1. The van der Waals surface area contributed by atoms with Crippen molar-refractivity contribution in [3.8, 4) is 0 Å². The Balaban J connectivity index is 4.02. The molecule has 82 valence electrons. The van der Waals surface area contributed by atoms with Gasteiger partial charge in [0, 0.05) is 20.2 Å². The third kappa shape index (κ3) is 6.68. The highest BCUT2D eigenvalue weighted by Crippen LogP contribution is 2.23. The number of aliphatic hydroxyl groups is 2. The van der Waals surface area contributed by atoms with Crippen molar-refractivity contribution in [3.05, 3.63) is 24.7 Å². The summed E-state index contributed by atoms with van der Waals surface area (Å²) in [4.78, 5) is 0. The van der Waals surface area contributed by atoms with Gasteiger partial charge in [-0.15, -0.1) is 0 Å². The molecule has 0 aromatic rings. The highest BCUT2D eigenvalue weighted by Gasteiger charge is 2.05. The molecule has 0 rings (SSSR count). The van der Waals surface area contributed by atoms with E-state index in [9.17, 15) is 4.57 Å². The van der Waals surface area contributed by atoms with Crippen LogP contribution in [0, 0.1) is 0 Å². The Bertz CT molecular complexity index is 204. The third-order valence-electron chi connectivity index (χ3n) is 1.20. The van der Waals surface area contributed by atoms with Crippen LogP contribution in [0.5, 0.6) is 0 Å². The van der Waals surface area contributed by atoms with Crippen molar-refractivity contribution >= 4 is 8.25 Å². The minimum absolute atomic E-state index is 0.237. The van der Waals surface area contributed by atoms with E-state index in [1.165, 1.54) is 24.3 Å². The van der Waals surface area contributed by atoms with Crippen molar-refractivity contribution in [3.63, 3.8) is 0 Å². The number of hydroxylamine groups is 2. The van der Waals surface area contributed by atoms with Gasteiger partial charge in [0.15, 0.2) is 0 Å². The lowest BCUT2D eigenvalue weighted by Crippen LogP contribution is -2.21. The van der Waals surface area contributed by atoms with Crippen molar-refractivity contribution in [2.75, 3.05) is 20.2 Å². The second kappa shape index (κ2) is 8.77. The van der Waals surface area contributed by atoms with Crippen LogP contribution in [0.4, 0.5) is 0 Å². The van der Waals surface area contributed by atoms with Crippen molar-refractivity contribution in [2.24, 2.45) is 0 Å². The molecule has 0 saturated carbocycles. The summed E-state index contributed by atoms with van der Waals surface area (Å²) in [5.74, 6) is 0. The van der Waals surface area contributed by atoms with E-state index in [1.807, 2.05) is 0 Å². The largest absolute Gasteiger partial charge is 0.516 e. The zero-order chi connectivity index (χ0) is 10.8. The molecule has 0 bridgehead atoms. The zero-order valence-corrected chi connectivity index (χ0v) is 8.79. The van der Waals surface area contributed by atoms with Crippen molar-refractivity contribution in [1.82, 2.24) is 5.06 Å². The van der Waals surface area contributed by atoms with Gasteiger partial charge in [-0.05, 0) is 12.2 Å². The van der Waals surface area contributed by atoms with E-state index >= 15 is 0 Å². The Labute approximate surface area is 83.0 Å². The quantitative estimate of drug-likeness (QED) is 0.386. The highest BCUT2D eigenvalue weighted by molar-refractivity contribution is 7.33. The van der Waals surface area contributed by atoms with Crippen LogP contribution in [0.2, 0.25) is 0 Å². The molecule has 2 N–H and O–H groups in total. The lowest BCUT2D eigenvalue weighted by atomic mass is 10.5. The predicted molar refractivity (Wildman–Crippen MR) is 52.2 cm³/mol. The Morgan fingerprint density at radius 1 is 1.29 bits per heavy atom. The molecule has 0 fully saturated rings. The Morgan fingerprint density at radius 3 is 2.14 bits per heavy atom. The van der Waals surface area contributed by atoms with E-state index in [4.69, 9.17) is 14.8 Å². The molecule has 0 aromatic heterocycles. The monoisotopic (exact) mass is 223 g/mol. The van der Waals surface area contributed by atoms with Gasteiger partial charge in [-0.3, -0.25) is 4.57 Å². The number of hydrogen-bond acceptors (Lipinski definition) is 6. The molecule has 0 radical (unpaired) electrons. The molecule has 0 aliphatic heterocycles. The molecule has 0 saturated heterocycles. The van der Waals surface area contributed by atoms with E-state index < -0.39 is 8.25 Å². The molecule has 7 heteroatoms. The maximum absolute atomic E-state index is 10.9. The standard InChI is InChI=1S/C7H14NO5P/c1-12-14(11)13-8(4-2-6-9)5-3-7-10/h2-3,6-7,9-10,14H,4-5H2,1H3. The number of aliphatic hydroxyl groups excluding tert-OH is 2. The topological polar surface area (TPSA) is 79.2 Å². The van der Waals surface area contributed by atoms with Gasteiger partial charge in [0.1, 0.15) is 0 Å². The number of hydrogen-bond donors (Lipinski definition) is 2. The summed E-state index contributed by atoms with van der Waals surface area (Å²) < 4.78 is 20.2. The molecule has 0 amide bonds. The second-order valence-corrected chi connectivity index (χ2v) is 3.25. The molecular formula is C7H14NO5P. The van der Waals surface area contributed by atoms with E-state index in [0.29, 0.717) is 0 Å². The normalized spacial score (nSPS) is 14.4. The fourth-order valence-corrected chi connectivity index (χ4v) is 1.06. The zero-order valence-electron chi connectivity index (χ0n) is 7.79. The molecule has 1 atom stereocenters. The van der Waals surface area contributed by atoms with Gasteiger partial charge in [0.25, 0.3) is 0 Å². The van der Waals surface area contributed by atoms with Gasteiger partial charge in [-0.1, -0.05) is 0 Å². The van der Waals surface area contributed by atoms with Crippen molar-refractivity contribution < 1.29 is 23.9 Å². The molecule has 0 aliphatic rings. The average Bonchev–Trinajstić information content (AvgIpc) is 2.21. The van der Waals surface area contributed by atoms with Crippen LogP contribution in [0.15, 0.2) is 24.7 Å². The van der Waals surface area contributed by atoms with Gasteiger partial charge >= 0.3 is 8.25 Å². The molecule has 6 nitrogen and oxygen atoms in total. The van der Waals surface area contributed by atoms with E-state index in [0.717, 1.165) is 12.5 Å². The summed E-state index contributed by atoms with van der Waals surface area (Å²) in [7, 11) is -1.28. The fourth-order valence-electron chi connectivity index (χ4n) is 0.621. The summed E-state index contributed by atoms with van der Waals surface area (Å²) in [6.45, 7) is 0.473. The lowest BCUT2D eigenvalue weighted by Gasteiger charge is -2.16. The van der Waals surface area contributed by atoms with Crippen molar-refractivity contribution in [2.45, 2.75) is 0 Å². The van der Waals surface area contributed by atoms with E-state index in [2.05, 4.69) is 4.52 Å². The van der Waals surface area contributed by atoms with E-state index in [-0.39, 0.29) is 13.1 Å². The maximum Gasteiger partial charge on any atom is 0.335 e. The van der Waals surface area contributed by atoms with Crippen LogP contribution < -0.4 is 0 Å². The Morgan fingerprint density at radius 2 is 1.79 bits per heavy atom. The smallest absolute Gasteiger partial charge is 0.335 e. The van der Waals surface area contributed by atoms with Gasteiger partial charge in [-0.2, -0.15) is 5.06 Å². The van der Waals surface area contributed by atoms with Gasteiger partial charge in [0.05, 0.1) is 12.5 Å². The van der Waals surface area contributed by atoms with E-state index in [1.54, 1.807) is 0 Å². The highest BCUT2D eigenvalue weighted by atomic mass is 31.1. The SMILES string of the molecule is CO[PH](=O)ON(CC=CO)CC=CO. The molecule has 0 heterocycles. The summed E-state index contributed by atoms with van der Waals surface area (Å²) in [6.07, 6.45) is 4.50. The van der Waals surface area contributed by atoms with Crippen LogP contribution in [0.3, 0.4) is 0 Å². The lowest BCUT2D eigenvalue weighted by molar-refractivity contribution is -0.0411. The Hall–Kier alpha value is -0.810. The van der Waals surface area contributed by atoms with Crippen LogP contribution in [0.1, 0.15) is 0 Å². The van der Waals surface area contributed by atoms with Gasteiger partial charge in [0.2, 0.25) is 0 Å². The Kier molecular flexibility index (Phi) is 8.27. The summed E-state index contributed by atoms with van der Waals surface area (Å²) in [5.41, 5.74) is 0. The van der Waals surface area contributed by atoms with Crippen LogP contribution in [0.25, 0.3) is 0 Å². The van der Waals surface area contributed by atoms with Crippen LogP contribution in [-0.2, 0) is 13.7 Å². The first-order valence-electron chi connectivity index (χ1n) is 3.84. The first-order valence-corrected chi connectivity index (χ1v) is 5.06. The molecule has 0 spiro atoms. The van der Waals surface area contributed by atoms with Gasteiger partial charge < -0.3 is 14.7 Å². The third-order valence-corrected chi connectivity index (χ3v) is 1.94. The molecule has 1 unspecified atom stereocenters. The molecular weight excluding hydrogens is 209 g/mol.